The highest BCUT2D eigenvalue weighted by atomic mass is 16.5. The third-order valence-electron chi connectivity index (χ3n) is 5.57. The molecular formula is C26H26N3O4+. The van der Waals surface area contributed by atoms with Crippen molar-refractivity contribution in [3.63, 3.8) is 0 Å². The molecule has 3 aromatic rings. The van der Waals surface area contributed by atoms with E-state index in [-0.39, 0.29) is 11.8 Å². The first kappa shape index (κ1) is 22.1. The van der Waals surface area contributed by atoms with Crippen molar-refractivity contribution in [1.29, 1.82) is 0 Å². The number of aryl methyl sites for hydroxylation is 1. The third kappa shape index (κ3) is 4.87. The summed E-state index contributed by atoms with van der Waals surface area (Å²) in [5.74, 6) is 0.861. The highest BCUT2D eigenvalue weighted by molar-refractivity contribution is 5.98. The van der Waals surface area contributed by atoms with Gasteiger partial charge in [-0.2, -0.15) is 0 Å². The van der Waals surface area contributed by atoms with Crippen molar-refractivity contribution < 1.29 is 23.7 Å². The molecule has 7 heteroatoms. The van der Waals surface area contributed by atoms with Crippen LogP contribution in [0.15, 0.2) is 72.8 Å². The molecule has 33 heavy (non-hydrogen) atoms. The summed E-state index contributed by atoms with van der Waals surface area (Å²) < 4.78 is 12.2. The topological polar surface area (TPSA) is 79.7 Å². The van der Waals surface area contributed by atoms with Gasteiger partial charge in [0.1, 0.15) is 11.5 Å². The minimum atomic E-state index is -0.791. The highest BCUT2D eigenvalue weighted by Gasteiger charge is 2.47. The number of amides is 2. The zero-order valence-electron chi connectivity index (χ0n) is 18.7. The Hall–Kier alpha value is -4.13. The average Bonchev–Trinajstić information content (AvgIpc) is 3.13. The number of methoxy groups -OCH3 is 2. The molecule has 0 aliphatic carbocycles. The van der Waals surface area contributed by atoms with Gasteiger partial charge in [0, 0.05) is 16.7 Å². The van der Waals surface area contributed by atoms with E-state index in [4.69, 9.17) is 9.47 Å². The molecule has 0 radical (unpaired) electrons. The van der Waals surface area contributed by atoms with Crippen LogP contribution in [0.3, 0.4) is 0 Å². The molecule has 4 rings (SSSR count). The van der Waals surface area contributed by atoms with Gasteiger partial charge >= 0.3 is 5.91 Å². The van der Waals surface area contributed by atoms with Crippen molar-refractivity contribution in [2.75, 3.05) is 14.2 Å². The molecule has 0 saturated carbocycles. The summed E-state index contributed by atoms with van der Waals surface area (Å²) in [6.07, 6.45) is 1.84. The average molecular weight is 445 g/mol. The molecule has 2 N–H and O–H groups in total. The summed E-state index contributed by atoms with van der Waals surface area (Å²) in [7, 11) is 3.21. The summed E-state index contributed by atoms with van der Waals surface area (Å²) in [6.45, 7) is 1.92. The number of rotatable bonds is 6. The van der Waals surface area contributed by atoms with Crippen LogP contribution in [0, 0.1) is 6.92 Å². The maximum Gasteiger partial charge on any atom is 0.304 e. The van der Waals surface area contributed by atoms with E-state index < -0.39 is 12.1 Å². The van der Waals surface area contributed by atoms with E-state index in [0.717, 1.165) is 22.4 Å². The first-order valence-corrected chi connectivity index (χ1v) is 10.6. The molecule has 2 atom stereocenters. The first-order valence-electron chi connectivity index (χ1n) is 10.6. The third-order valence-corrected chi connectivity index (χ3v) is 5.57. The summed E-state index contributed by atoms with van der Waals surface area (Å²) in [4.78, 5) is 25.9. The number of benzene rings is 3. The van der Waals surface area contributed by atoms with E-state index in [1.807, 2.05) is 73.8 Å². The Morgan fingerprint density at radius 1 is 0.970 bits per heavy atom. The van der Waals surface area contributed by atoms with Crippen molar-refractivity contribution in [3.05, 3.63) is 95.1 Å². The van der Waals surface area contributed by atoms with E-state index >= 15 is 0 Å². The maximum atomic E-state index is 13.0. The van der Waals surface area contributed by atoms with E-state index in [0.29, 0.717) is 11.3 Å². The minimum Gasteiger partial charge on any atom is -0.497 e. The van der Waals surface area contributed by atoms with Crippen molar-refractivity contribution in [1.82, 2.24) is 10.7 Å². The van der Waals surface area contributed by atoms with Crippen LogP contribution in [0.4, 0.5) is 0 Å². The van der Waals surface area contributed by atoms with Gasteiger partial charge in [0.15, 0.2) is 6.04 Å². The second-order valence-electron chi connectivity index (χ2n) is 7.82. The predicted molar refractivity (Wildman–Crippen MR) is 125 cm³/mol. The maximum absolute atomic E-state index is 13.0. The van der Waals surface area contributed by atoms with Crippen molar-refractivity contribution in [2.45, 2.75) is 19.0 Å². The number of nitrogens with zero attached hydrogens (tertiary/aromatic N) is 1. The summed E-state index contributed by atoms with van der Waals surface area (Å²) in [6, 6.07) is 21.0. The SMILES string of the molecule is COc1ccc(/C=[N+]2\NC(=O)[C@H](NC(=O)c3cccc(C)c3)[C@@H]2c2ccc(OC)cc2)cc1. The van der Waals surface area contributed by atoms with Gasteiger partial charge in [0.25, 0.3) is 5.91 Å². The summed E-state index contributed by atoms with van der Waals surface area (Å²) >= 11 is 0. The van der Waals surface area contributed by atoms with Crippen molar-refractivity contribution >= 4 is 18.0 Å². The molecule has 3 aromatic carbocycles. The van der Waals surface area contributed by atoms with Crippen LogP contribution in [0.25, 0.3) is 0 Å². The van der Waals surface area contributed by atoms with Gasteiger partial charge < -0.3 is 14.8 Å². The zero-order valence-corrected chi connectivity index (χ0v) is 18.7. The zero-order chi connectivity index (χ0) is 23.4. The fourth-order valence-electron chi connectivity index (χ4n) is 3.84. The van der Waals surface area contributed by atoms with E-state index in [1.165, 1.54) is 0 Å². The number of hydrazone groups is 1. The van der Waals surface area contributed by atoms with Crippen LogP contribution >= 0.6 is 0 Å². The van der Waals surface area contributed by atoms with Gasteiger partial charge in [0.2, 0.25) is 12.3 Å². The quantitative estimate of drug-likeness (QED) is 0.573. The van der Waals surface area contributed by atoms with Gasteiger partial charge in [0.05, 0.1) is 14.2 Å². The van der Waals surface area contributed by atoms with Gasteiger partial charge in [-0.3, -0.25) is 9.59 Å². The number of carbonyl (C=O) groups is 2. The molecule has 1 saturated heterocycles. The lowest BCUT2D eigenvalue weighted by molar-refractivity contribution is -0.596. The Bertz CT molecular complexity index is 1190. The smallest absolute Gasteiger partial charge is 0.304 e. The molecule has 1 aliphatic rings. The van der Waals surface area contributed by atoms with Crippen LogP contribution in [-0.2, 0) is 4.79 Å². The van der Waals surface area contributed by atoms with E-state index in [2.05, 4.69) is 10.7 Å². The number of nitrogens with one attached hydrogen (secondary N) is 2. The van der Waals surface area contributed by atoms with E-state index in [1.54, 1.807) is 31.0 Å². The Balaban J connectivity index is 1.69. The molecule has 7 nitrogen and oxygen atoms in total. The lowest BCUT2D eigenvalue weighted by atomic mass is 9.99. The lowest BCUT2D eigenvalue weighted by Crippen LogP contribution is -2.42. The molecule has 2 amide bonds. The van der Waals surface area contributed by atoms with Gasteiger partial charge in [-0.15, -0.1) is 10.1 Å². The number of hydrazine groups is 1. The van der Waals surface area contributed by atoms with Gasteiger partial charge in [-0.05, 0) is 67.6 Å². The Labute approximate surface area is 192 Å². The molecule has 0 aromatic heterocycles. The minimum absolute atomic E-state index is 0.290. The molecule has 0 spiro atoms. The largest absolute Gasteiger partial charge is 0.497 e. The lowest BCUT2D eigenvalue weighted by Gasteiger charge is -2.15. The van der Waals surface area contributed by atoms with Crippen LogP contribution in [-0.4, -0.2) is 43.0 Å². The first-order chi connectivity index (χ1) is 16.0. The number of hydrogen-bond acceptors (Lipinski definition) is 4. The number of hydrogen-bond donors (Lipinski definition) is 2. The standard InChI is InChI=1S/C26H25N3O4/c1-17-5-4-6-20(15-17)25(30)27-23-24(19-9-13-22(33-3)14-10-19)29(28-26(23)31)16-18-7-11-21(32-2)12-8-18/h4-16,23-24H,1-3H3,(H-,27,28,30,31)/p+1/b29-16-/t23-,24+/m1/s1. The highest BCUT2D eigenvalue weighted by Crippen LogP contribution is 2.27. The summed E-state index contributed by atoms with van der Waals surface area (Å²) in [5, 5.41) is 2.92. The van der Waals surface area contributed by atoms with Crippen LogP contribution in [0.2, 0.25) is 0 Å². The van der Waals surface area contributed by atoms with Crippen LogP contribution in [0.5, 0.6) is 11.5 Å². The molecule has 1 aliphatic heterocycles. The summed E-state index contributed by atoms with van der Waals surface area (Å²) in [5.41, 5.74) is 6.10. The molecule has 1 heterocycles. The fourth-order valence-corrected chi connectivity index (χ4v) is 3.84. The predicted octanol–water partition coefficient (Wildman–Crippen LogP) is 3.03. The number of ether oxygens (including phenoxy) is 2. The Morgan fingerprint density at radius 2 is 1.61 bits per heavy atom. The van der Waals surface area contributed by atoms with Gasteiger partial charge in [-0.1, -0.05) is 17.7 Å². The van der Waals surface area contributed by atoms with E-state index in [9.17, 15) is 9.59 Å². The Morgan fingerprint density at radius 3 is 2.21 bits per heavy atom. The molecular weight excluding hydrogens is 418 g/mol. The monoisotopic (exact) mass is 444 g/mol. The normalized spacial score (nSPS) is 18.6. The molecule has 1 fully saturated rings. The van der Waals surface area contributed by atoms with Crippen LogP contribution in [0.1, 0.15) is 33.1 Å². The second-order valence-corrected chi connectivity index (χ2v) is 7.82. The molecule has 168 valence electrons. The number of carbonyl (C=O) groups excluding carboxylic acids is 2. The van der Waals surface area contributed by atoms with Gasteiger partial charge in [-0.25, -0.2) is 0 Å². The van der Waals surface area contributed by atoms with Crippen molar-refractivity contribution in [2.24, 2.45) is 0 Å². The molecule has 0 bridgehead atoms. The molecule has 0 unspecified atom stereocenters. The second kappa shape index (κ2) is 9.56. The Kier molecular flexibility index (Phi) is 6.40. The van der Waals surface area contributed by atoms with Crippen LogP contribution < -0.4 is 20.2 Å². The van der Waals surface area contributed by atoms with Crippen molar-refractivity contribution in [3.8, 4) is 11.5 Å². The fraction of sp³-hybridized carbons (Fsp3) is 0.192.